The largest absolute Gasteiger partial charge is 0.508 e. The molecule has 0 spiro atoms. The zero-order valence-electron chi connectivity index (χ0n) is 46.7. The van der Waals surface area contributed by atoms with Crippen LogP contribution in [0.15, 0.2) is 77.2 Å². The van der Waals surface area contributed by atoms with E-state index in [1.165, 1.54) is 19.4 Å². The maximum Gasteiger partial charge on any atom is 0.246 e. The van der Waals surface area contributed by atoms with Gasteiger partial charge in [0.05, 0.1) is 23.9 Å². The monoisotopic (exact) mass is 1030 g/mol. The summed E-state index contributed by atoms with van der Waals surface area (Å²) < 4.78 is 7.86. The second-order valence-corrected chi connectivity index (χ2v) is 20.1. The summed E-state index contributed by atoms with van der Waals surface area (Å²) in [5.74, 6) is 0.584. The zero-order valence-corrected chi connectivity index (χ0v) is 46.7. The van der Waals surface area contributed by atoms with Gasteiger partial charge in [0.15, 0.2) is 5.34 Å². The lowest BCUT2D eigenvalue weighted by molar-refractivity contribution is -0.130. The predicted molar refractivity (Wildman–Crippen MR) is 300 cm³/mol. The number of piperazine rings is 1. The Bertz CT molecular complexity index is 2280. The molecule has 2 aromatic carbocycles. The summed E-state index contributed by atoms with van der Waals surface area (Å²) in [6, 6.07) is 11.4. The van der Waals surface area contributed by atoms with Gasteiger partial charge in [-0.3, -0.25) is 24.9 Å². The Morgan fingerprint density at radius 1 is 0.986 bits per heavy atom. The number of amides is 2. The number of carbonyl (C=O) groups is 4. The van der Waals surface area contributed by atoms with Gasteiger partial charge in [-0.05, 0) is 133 Å². The number of carbonyl (C=O) groups excluding carboxylic acids is 4. The molecular formula is C56H88N10O8. The molecule has 3 N–H and O–H groups in total. The van der Waals surface area contributed by atoms with Crippen molar-refractivity contribution in [2.24, 2.45) is 21.7 Å². The van der Waals surface area contributed by atoms with Crippen molar-refractivity contribution in [1.29, 1.82) is 0 Å². The minimum Gasteiger partial charge on any atom is -0.508 e. The molecule has 3 atom stereocenters. The van der Waals surface area contributed by atoms with Crippen LogP contribution in [0.3, 0.4) is 0 Å². The van der Waals surface area contributed by atoms with E-state index >= 15 is 0 Å². The molecule has 3 heterocycles. The van der Waals surface area contributed by atoms with Crippen LogP contribution in [0.25, 0.3) is 28.1 Å². The standard InChI is InChI=1S/C33H42N4O5.C11H19N3O2.C7H15NO.C5H12N2/c1-8-12-35-30(22(3)41-7)18-32-29(19-33(4,5)21-42-36-40)28-17-24(10-11-31(28)37(32)9-2)25-13-23(15-27(39)16-25)14-26(20-38)34-6;1-12(2)5-3-4-11(16)14-8-6-13(10-15)7-9-14;1-6(2)7(5-9)8(3)4;1-7-5-3-2-4-6-7/h8,10-13,15-18,20,22,26,34,39H,1,9,14,19,21H2,2-7H3;3-4,10H,5-9H2,1-2H3;5-7H,1-4H3;6H,2-5H2,1H3/b30-18+,35-12?;4-3+;;. The second-order valence-electron chi connectivity index (χ2n) is 20.1. The van der Waals surface area contributed by atoms with Crippen LogP contribution in [-0.2, 0) is 48.1 Å². The summed E-state index contributed by atoms with van der Waals surface area (Å²) in [6.45, 7) is 22.5. The first kappa shape index (κ1) is 64.2. The Morgan fingerprint density at radius 3 is 2.18 bits per heavy atom. The van der Waals surface area contributed by atoms with Crippen molar-refractivity contribution in [3.8, 4) is 16.9 Å². The van der Waals surface area contributed by atoms with Gasteiger partial charge in [0.25, 0.3) is 0 Å². The summed E-state index contributed by atoms with van der Waals surface area (Å²) in [6.07, 6.45) is 15.0. The Balaban J connectivity index is 0.000000470. The van der Waals surface area contributed by atoms with E-state index in [-0.39, 0.29) is 36.5 Å². The molecule has 74 heavy (non-hydrogen) atoms. The van der Waals surface area contributed by atoms with Crippen molar-refractivity contribution < 1.29 is 33.9 Å². The van der Waals surface area contributed by atoms with Gasteiger partial charge in [0.1, 0.15) is 24.9 Å². The first-order valence-corrected chi connectivity index (χ1v) is 25.5. The van der Waals surface area contributed by atoms with Crippen LogP contribution in [0.4, 0.5) is 0 Å². The smallest absolute Gasteiger partial charge is 0.246 e. The summed E-state index contributed by atoms with van der Waals surface area (Å²) in [7, 11) is 13.2. The number of fused-ring (bicyclic) bond motifs is 1. The lowest BCUT2D eigenvalue weighted by atomic mass is 9.85. The number of rotatable bonds is 23. The van der Waals surface area contributed by atoms with Crippen molar-refractivity contribution in [1.82, 2.24) is 39.9 Å². The van der Waals surface area contributed by atoms with Gasteiger partial charge in [-0.15, -0.1) is 4.91 Å². The van der Waals surface area contributed by atoms with Crippen LogP contribution in [0.1, 0.15) is 71.2 Å². The number of phenols is 1. The Kier molecular flexibility index (Phi) is 29.4. The number of hydrazine groups is 1. The maximum atomic E-state index is 11.7. The Morgan fingerprint density at radius 2 is 1.69 bits per heavy atom. The minimum atomic E-state index is -0.411. The molecule has 5 rings (SSSR count). The summed E-state index contributed by atoms with van der Waals surface area (Å²) in [5.41, 5.74) is 9.26. The first-order chi connectivity index (χ1) is 35.2. The third kappa shape index (κ3) is 21.9. The topological polar surface area (TPSA) is 194 Å². The van der Waals surface area contributed by atoms with Gasteiger partial charge in [-0.25, -0.2) is 5.01 Å². The number of hydrogen-bond acceptors (Lipinski definition) is 15. The van der Waals surface area contributed by atoms with E-state index in [2.05, 4.69) is 63.3 Å². The number of nitrogens with one attached hydrogen (secondary N) is 2. The molecule has 0 aliphatic carbocycles. The predicted octanol–water partition coefficient (Wildman–Crippen LogP) is 6.66. The summed E-state index contributed by atoms with van der Waals surface area (Å²) in [4.78, 5) is 71.7. The van der Waals surface area contributed by atoms with Crippen molar-refractivity contribution in [3.63, 3.8) is 0 Å². The van der Waals surface area contributed by atoms with E-state index < -0.39 is 5.41 Å². The van der Waals surface area contributed by atoms with Gasteiger partial charge in [-0.1, -0.05) is 58.6 Å². The highest BCUT2D eigenvalue weighted by Crippen LogP contribution is 2.37. The molecule has 2 saturated heterocycles. The van der Waals surface area contributed by atoms with Crippen molar-refractivity contribution in [2.75, 3.05) is 102 Å². The number of methoxy groups -OCH3 is 1. The number of aryl methyl sites for hydroxylation is 1. The lowest BCUT2D eigenvalue weighted by Gasteiger charge is -2.31. The number of nitrogens with zero attached hydrogens (tertiary/aromatic N) is 8. The van der Waals surface area contributed by atoms with E-state index in [1.807, 2.05) is 96.9 Å². The molecule has 1 aromatic heterocycles. The first-order valence-electron chi connectivity index (χ1n) is 25.5. The second kappa shape index (κ2) is 33.8. The molecule has 2 aliphatic rings. The van der Waals surface area contributed by atoms with Crippen LogP contribution >= 0.6 is 0 Å². The van der Waals surface area contributed by atoms with Gasteiger partial charge in [-0.2, -0.15) is 0 Å². The molecule has 410 valence electrons. The van der Waals surface area contributed by atoms with Gasteiger partial charge < -0.3 is 48.9 Å². The number of aromatic nitrogens is 1. The van der Waals surface area contributed by atoms with Crippen LogP contribution in [0.2, 0.25) is 0 Å². The number of hydrogen-bond donors (Lipinski definition) is 3. The molecule has 18 heteroatoms. The number of aromatic hydroxyl groups is 1. The number of benzene rings is 2. The van der Waals surface area contributed by atoms with E-state index in [1.54, 1.807) is 54.5 Å². The normalized spacial score (nSPS) is 15.7. The molecular weight excluding hydrogens is 941 g/mol. The van der Waals surface area contributed by atoms with Crippen LogP contribution < -0.4 is 10.7 Å². The number of likely N-dealkylation sites (N-methyl/N-ethyl adjacent to an activating group) is 3. The third-order valence-corrected chi connectivity index (χ3v) is 12.6. The molecule has 0 saturated carbocycles. The average molecular weight is 1030 g/mol. The number of allylic oxidation sites excluding steroid dienone is 1. The van der Waals surface area contributed by atoms with Crippen LogP contribution in [-0.4, -0.2) is 185 Å². The van der Waals surface area contributed by atoms with Crippen molar-refractivity contribution >= 4 is 48.1 Å². The van der Waals surface area contributed by atoms with Crippen molar-refractivity contribution in [2.45, 2.75) is 92.0 Å². The van der Waals surface area contributed by atoms with E-state index in [0.717, 1.165) is 76.6 Å². The lowest BCUT2D eigenvalue weighted by Crippen LogP contribution is -2.47. The van der Waals surface area contributed by atoms with Gasteiger partial charge >= 0.3 is 0 Å². The Hall–Kier alpha value is -5.89. The van der Waals surface area contributed by atoms with Crippen LogP contribution in [0, 0.1) is 16.2 Å². The SMILES string of the molecule is C=CC=N/C(=C/c1c(CC(C)(C)CON=O)c2cc(-c3cc(O)cc(CC(C=O)NC)c3)ccc2n1CC)C(C)OC.CC(C)C(C=O)N(C)C.CN(C)C/C=C/C(=O)N1CCN(C=O)CC1.CN1CCCCN1. The molecule has 0 bridgehead atoms. The van der Waals surface area contributed by atoms with E-state index in [9.17, 15) is 29.2 Å². The molecule has 3 aromatic rings. The molecule has 2 amide bonds. The zero-order chi connectivity index (χ0) is 55.4. The number of aliphatic imine (C=N–C) groups is 1. The molecule has 2 aliphatic heterocycles. The minimum absolute atomic E-state index is 0.0346. The molecule has 0 radical (unpaired) electrons. The van der Waals surface area contributed by atoms with Gasteiger partial charge in [0, 0.05) is 101 Å². The Labute approximate surface area is 441 Å². The number of phenolic OH excluding ortho intramolecular Hbond substituents is 1. The highest BCUT2D eigenvalue weighted by Gasteiger charge is 2.27. The van der Waals surface area contributed by atoms with Crippen molar-refractivity contribution in [3.05, 3.63) is 88.6 Å². The highest BCUT2D eigenvalue weighted by molar-refractivity contribution is 5.92. The van der Waals surface area contributed by atoms with Crippen LogP contribution in [0.5, 0.6) is 5.75 Å². The maximum absolute atomic E-state index is 11.7. The highest BCUT2D eigenvalue weighted by atomic mass is 16.7. The summed E-state index contributed by atoms with van der Waals surface area (Å²) >= 11 is 0. The fourth-order valence-corrected chi connectivity index (χ4v) is 8.35. The molecule has 3 unspecified atom stereocenters. The quantitative estimate of drug-likeness (QED) is 0.0301. The molecule has 18 nitrogen and oxygen atoms in total. The summed E-state index contributed by atoms with van der Waals surface area (Å²) in [5, 5.41) is 19.3. The fraction of sp³-hybridized carbons (Fsp3) is 0.554. The fourth-order valence-electron chi connectivity index (χ4n) is 8.35. The average Bonchev–Trinajstić information content (AvgIpc) is 3.66. The van der Waals surface area contributed by atoms with E-state index in [0.29, 0.717) is 51.5 Å². The van der Waals surface area contributed by atoms with Gasteiger partial charge in [0.2, 0.25) is 12.3 Å². The number of aldehydes is 2. The third-order valence-electron chi connectivity index (χ3n) is 12.6. The van der Waals surface area contributed by atoms with E-state index in [4.69, 9.17) is 9.57 Å². The molecule has 2 fully saturated rings. The number of ether oxygens (including phenoxy) is 1.